The zero-order valence-electron chi connectivity index (χ0n) is 15.6. The second-order valence-corrected chi connectivity index (χ2v) is 8.46. The number of likely N-dealkylation sites (tertiary alicyclic amines) is 1. The van der Waals surface area contributed by atoms with Crippen molar-refractivity contribution in [2.75, 3.05) is 26.0 Å². The Kier molecular flexibility index (Phi) is 5.68. The van der Waals surface area contributed by atoms with Gasteiger partial charge < -0.3 is 13.9 Å². The van der Waals surface area contributed by atoms with E-state index in [1.165, 1.54) is 25.5 Å². The second kappa shape index (κ2) is 8.18. The van der Waals surface area contributed by atoms with E-state index in [9.17, 15) is 9.35 Å². The minimum atomic E-state index is -1.39. The molecule has 0 aliphatic carbocycles. The first-order valence-electron chi connectivity index (χ1n) is 9.57. The van der Waals surface area contributed by atoms with Gasteiger partial charge in [0.1, 0.15) is 12.1 Å². The number of piperidine rings is 1. The van der Waals surface area contributed by atoms with Crippen molar-refractivity contribution in [3.63, 3.8) is 0 Å². The smallest absolute Gasteiger partial charge is 0.292 e. The summed E-state index contributed by atoms with van der Waals surface area (Å²) in [6.45, 7) is 4.61. The molecule has 1 aromatic carbocycles. The predicted molar refractivity (Wildman–Crippen MR) is 105 cm³/mol. The lowest BCUT2D eigenvalue weighted by molar-refractivity contribution is -0.0592. The van der Waals surface area contributed by atoms with Gasteiger partial charge in [-0.1, -0.05) is 6.42 Å². The summed E-state index contributed by atoms with van der Waals surface area (Å²) in [5.74, 6) is 0.696. The number of aromatic nitrogens is 2. The van der Waals surface area contributed by atoms with Crippen LogP contribution in [0.5, 0.6) is 0 Å². The third-order valence-electron chi connectivity index (χ3n) is 5.32. The number of imidazole rings is 1. The highest BCUT2D eigenvalue weighted by Gasteiger charge is 2.24. The van der Waals surface area contributed by atoms with E-state index in [2.05, 4.69) is 14.2 Å². The maximum absolute atomic E-state index is 12.3. The summed E-state index contributed by atoms with van der Waals surface area (Å²) in [5, 5.41) is 0. The van der Waals surface area contributed by atoms with Crippen LogP contribution >= 0.6 is 0 Å². The van der Waals surface area contributed by atoms with Gasteiger partial charge in [-0.2, -0.15) is 4.72 Å². The highest BCUT2D eigenvalue weighted by molar-refractivity contribution is 7.89. The Hall–Kier alpha value is -1.61. The second-order valence-electron chi connectivity index (χ2n) is 7.35. The number of nitrogens with one attached hydrogen (secondary N) is 1. The van der Waals surface area contributed by atoms with Crippen molar-refractivity contribution in [2.45, 2.75) is 44.9 Å². The molecule has 27 heavy (non-hydrogen) atoms. The minimum absolute atomic E-state index is 0.211. The van der Waals surface area contributed by atoms with Crippen LogP contribution in [-0.2, 0) is 29.2 Å². The average molecular weight is 391 g/mol. The Morgan fingerprint density at radius 3 is 2.81 bits per heavy atom. The lowest BCUT2D eigenvalue weighted by Crippen LogP contribution is -2.34. The van der Waals surface area contributed by atoms with Crippen LogP contribution in [-0.4, -0.2) is 57.0 Å². The quantitative estimate of drug-likeness (QED) is 0.761. The molecule has 0 spiro atoms. The van der Waals surface area contributed by atoms with Gasteiger partial charge in [0, 0.05) is 12.2 Å². The fraction of sp³-hybridized carbons (Fsp3) is 0.579. The van der Waals surface area contributed by atoms with Crippen LogP contribution in [0.15, 0.2) is 18.2 Å². The van der Waals surface area contributed by atoms with Gasteiger partial charge in [-0.3, -0.25) is 9.69 Å². The van der Waals surface area contributed by atoms with Crippen molar-refractivity contribution in [1.82, 2.24) is 19.2 Å². The molecule has 146 valence electrons. The van der Waals surface area contributed by atoms with E-state index in [-0.39, 0.29) is 12.0 Å². The summed E-state index contributed by atoms with van der Waals surface area (Å²) in [6, 6.07) is 5.47. The summed E-state index contributed by atoms with van der Waals surface area (Å²) in [7, 11) is 0. The van der Waals surface area contributed by atoms with E-state index in [0.29, 0.717) is 5.56 Å². The minimum Gasteiger partial charge on any atom is -0.593 e. The number of nitrogens with zero attached hydrogens (tertiary/aromatic N) is 3. The number of fused-ring (bicyclic) bond motifs is 1. The molecule has 0 bridgehead atoms. The number of rotatable bonds is 6. The van der Waals surface area contributed by atoms with Crippen LogP contribution in [0.1, 0.15) is 41.9 Å². The number of carbonyl (C=O) groups excluding carboxylic acids is 1. The van der Waals surface area contributed by atoms with E-state index in [0.717, 1.165) is 56.1 Å². The Balaban J connectivity index is 1.65. The number of benzene rings is 1. The molecule has 0 saturated carbocycles. The van der Waals surface area contributed by atoms with Crippen LogP contribution in [0.2, 0.25) is 0 Å². The Morgan fingerprint density at radius 1 is 1.37 bits per heavy atom. The SMILES string of the molecule is C[S+]([O-])NC(=O)c1ccc2nc(CN3CCCCC3)n(CC3CCO3)c2c1. The first-order valence-corrected chi connectivity index (χ1v) is 11.1. The molecule has 2 fully saturated rings. The number of ether oxygens (including phenoxy) is 1. The predicted octanol–water partition coefficient (Wildman–Crippen LogP) is 1.83. The standard InChI is InChI=1S/C19H26N4O3S/c1-27(25)21-19(24)14-5-6-16-17(11-14)23(12-15-7-10-26-15)18(20-16)13-22-8-3-2-4-9-22/h5-6,11,15H,2-4,7-10,12-13H2,1H3,(H,21,24). The van der Waals surface area contributed by atoms with Crippen molar-refractivity contribution in [3.8, 4) is 0 Å². The van der Waals surface area contributed by atoms with Gasteiger partial charge in [0.2, 0.25) is 0 Å². The molecule has 2 aromatic rings. The third kappa shape index (κ3) is 4.29. The van der Waals surface area contributed by atoms with Crippen molar-refractivity contribution in [1.29, 1.82) is 0 Å². The molecule has 1 N–H and O–H groups in total. The Labute approximate surface area is 162 Å². The highest BCUT2D eigenvalue weighted by atomic mass is 32.2. The van der Waals surface area contributed by atoms with Crippen molar-refractivity contribution in [2.24, 2.45) is 0 Å². The average Bonchev–Trinajstić information content (AvgIpc) is 2.94. The van der Waals surface area contributed by atoms with E-state index in [1.54, 1.807) is 6.07 Å². The van der Waals surface area contributed by atoms with Crippen molar-refractivity contribution in [3.05, 3.63) is 29.6 Å². The Bertz CT molecular complexity index is 813. The molecule has 1 aromatic heterocycles. The van der Waals surface area contributed by atoms with Gasteiger partial charge in [-0.05, 0) is 50.6 Å². The molecule has 2 unspecified atom stereocenters. The maximum Gasteiger partial charge on any atom is 0.292 e. The van der Waals surface area contributed by atoms with Crippen LogP contribution in [0.3, 0.4) is 0 Å². The van der Waals surface area contributed by atoms with Crippen LogP contribution in [0.4, 0.5) is 0 Å². The lowest BCUT2D eigenvalue weighted by atomic mass is 10.1. The van der Waals surface area contributed by atoms with Gasteiger partial charge in [0.15, 0.2) is 0 Å². The molecular formula is C19H26N4O3S. The molecule has 2 aliphatic rings. The van der Waals surface area contributed by atoms with E-state index in [4.69, 9.17) is 9.72 Å². The molecule has 7 nitrogen and oxygen atoms in total. The number of carbonyl (C=O) groups is 1. The monoisotopic (exact) mass is 390 g/mol. The van der Waals surface area contributed by atoms with Gasteiger partial charge in [-0.25, -0.2) is 4.98 Å². The largest absolute Gasteiger partial charge is 0.593 e. The molecule has 3 heterocycles. The van der Waals surface area contributed by atoms with E-state index < -0.39 is 11.4 Å². The highest BCUT2D eigenvalue weighted by Crippen LogP contribution is 2.24. The lowest BCUT2D eigenvalue weighted by Gasteiger charge is -2.29. The van der Waals surface area contributed by atoms with Crippen molar-refractivity contribution >= 4 is 28.3 Å². The first-order chi connectivity index (χ1) is 13.1. The van der Waals surface area contributed by atoms with Gasteiger partial charge in [0.25, 0.3) is 5.91 Å². The summed E-state index contributed by atoms with van der Waals surface area (Å²) >= 11 is -1.39. The molecule has 0 radical (unpaired) electrons. The zero-order valence-corrected chi connectivity index (χ0v) is 16.5. The van der Waals surface area contributed by atoms with Crippen LogP contribution in [0, 0.1) is 0 Å². The maximum atomic E-state index is 12.3. The molecule has 2 saturated heterocycles. The summed E-state index contributed by atoms with van der Waals surface area (Å²) < 4.78 is 21.6. The zero-order chi connectivity index (χ0) is 18.8. The Morgan fingerprint density at radius 2 is 2.15 bits per heavy atom. The molecule has 2 aliphatic heterocycles. The fourth-order valence-electron chi connectivity index (χ4n) is 3.78. The number of hydrogen-bond donors (Lipinski definition) is 1. The molecule has 1 amide bonds. The molecule has 8 heteroatoms. The molecule has 2 atom stereocenters. The van der Waals surface area contributed by atoms with E-state index >= 15 is 0 Å². The van der Waals surface area contributed by atoms with Gasteiger partial charge in [0.05, 0.1) is 41.6 Å². The van der Waals surface area contributed by atoms with Gasteiger partial charge in [-0.15, -0.1) is 0 Å². The van der Waals surface area contributed by atoms with Crippen LogP contribution in [0.25, 0.3) is 11.0 Å². The molecular weight excluding hydrogens is 364 g/mol. The number of hydrogen-bond acceptors (Lipinski definition) is 5. The summed E-state index contributed by atoms with van der Waals surface area (Å²) in [5.41, 5.74) is 2.32. The molecule has 4 rings (SSSR count). The fourth-order valence-corrected chi connectivity index (χ4v) is 4.16. The topological polar surface area (TPSA) is 82.5 Å². The summed E-state index contributed by atoms with van der Waals surface area (Å²) in [4.78, 5) is 19.6. The normalized spacial score (nSPS) is 21.8. The first kappa shape index (κ1) is 18.7. The summed E-state index contributed by atoms with van der Waals surface area (Å²) in [6.07, 6.45) is 6.50. The van der Waals surface area contributed by atoms with Gasteiger partial charge >= 0.3 is 0 Å². The third-order valence-corrected chi connectivity index (χ3v) is 5.79. The number of amides is 1. The van der Waals surface area contributed by atoms with Crippen molar-refractivity contribution < 1.29 is 14.1 Å². The van der Waals surface area contributed by atoms with E-state index in [1.807, 2.05) is 12.1 Å². The van der Waals surface area contributed by atoms with Crippen LogP contribution < -0.4 is 4.72 Å².